The zero-order valence-corrected chi connectivity index (χ0v) is 20.2. The van der Waals surface area contributed by atoms with Gasteiger partial charge in [0.25, 0.3) is 0 Å². The summed E-state index contributed by atoms with van der Waals surface area (Å²) in [6.07, 6.45) is 0.773. The molecule has 1 spiro atoms. The molecule has 0 bridgehead atoms. The first kappa shape index (κ1) is 23.4. The standard InChI is InChI=1S/C25H28F3N5S/c1-17-20(5-3-11-29-17)22-30-31-23(32(22)2)34-14-4-12-33-13-10-24(16-33)15-21(24)18-6-8-19(9-7-18)25(26,27)28/h3,5-9,11,21H,4,10,12-16H2,1-2H3/t21-,24+/m0/s1. The lowest BCUT2D eigenvalue weighted by molar-refractivity contribution is -0.137. The van der Waals surface area contributed by atoms with Crippen LogP contribution >= 0.6 is 11.8 Å². The van der Waals surface area contributed by atoms with E-state index in [4.69, 9.17) is 0 Å². The van der Waals surface area contributed by atoms with E-state index in [-0.39, 0.29) is 5.41 Å². The SMILES string of the molecule is Cc1ncccc1-c1nnc(SCCCN2CC[C@@]3(C[C@H]3c3ccc(C(F)(F)F)cc3)C2)n1C. The average Bonchev–Trinajstić information content (AvgIpc) is 3.16. The highest BCUT2D eigenvalue weighted by molar-refractivity contribution is 7.99. The normalized spacial score (nSPS) is 22.6. The Bertz CT molecular complexity index is 1160. The van der Waals surface area contributed by atoms with E-state index in [2.05, 4.69) is 20.1 Å². The summed E-state index contributed by atoms with van der Waals surface area (Å²) in [5.74, 6) is 2.18. The summed E-state index contributed by atoms with van der Waals surface area (Å²) in [7, 11) is 1.99. The highest BCUT2D eigenvalue weighted by Gasteiger charge is 2.57. The van der Waals surface area contributed by atoms with Gasteiger partial charge in [-0.15, -0.1) is 10.2 Å². The van der Waals surface area contributed by atoms with E-state index in [0.717, 1.165) is 72.5 Å². The topological polar surface area (TPSA) is 46.8 Å². The minimum atomic E-state index is -4.27. The molecule has 5 nitrogen and oxygen atoms in total. The number of pyridine rings is 1. The zero-order valence-electron chi connectivity index (χ0n) is 19.3. The van der Waals surface area contributed by atoms with Gasteiger partial charge in [0.15, 0.2) is 11.0 Å². The number of nitrogens with zero attached hydrogens (tertiary/aromatic N) is 5. The van der Waals surface area contributed by atoms with Gasteiger partial charge >= 0.3 is 6.18 Å². The Kier molecular flexibility index (Phi) is 6.18. The highest BCUT2D eigenvalue weighted by Crippen LogP contribution is 2.64. The first-order valence-corrected chi connectivity index (χ1v) is 12.6. The molecule has 2 aliphatic rings. The van der Waals surface area contributed by atoms with Crippen LogP contribution in [0.4, 0.5) is 13.2 Å². The molecule has 1 saturated carbocycles. The lowest BCUT2D eigenvalue weighted by Gasteiger charge is -2.16. The molecule has 9 heteroatoms. The number of alkyl halides is 3. The Balaban J connectivity index is 1.09. The van der Waals surface area contributed by atoms with Gasteiger partial charge in [0.2, 0.25) is 0 Å². The van der Waals surface area contributed by atoms with Crippen molar-refractivity contribution >= 4 is 11.8 Å². The molecule has 1 aliphatic carbocycles. The number of likely N-dealkylation sites (tertiary alicyclic amines) is 1. The van der Waals surface area contributed by atoms with Crippen molar-refractivity contribution in [1.29, 1.82) is 0 Å². The number of aryl methyl sites for hydroxylation is 1. The first-order valence-electron chi connectivity index (χ1n) is 11.6. The van der Waals surface area contributed by atoms with Crippen molar-refractivity contribution in [2.75, 3.05) is 25.4 Å². The van der Waals surface area contributed by atoms with E-state index in [9.17, 15) is 13.2 Å². The van der Waals surface area contributed by atoms with Crippen LogP contribution in [0.2, 0.25) is 0 Å². The van der Waals surface area contributed by atoms with Gasteiger partial charge in [-0.2, -0.15) is 13.2 Å². The van der Waals surface area contributed by atoms with E-state index in [1.54, 1.807) is 30.1 Å². The molecular weight excluding hydrogens is 459 g/mol. The Morgan fingerprint density at radius 2 is 1.94 bits per heavy atom. The summed E-state index contributed by atoms with van der Waals surface area (Å²) in [6, 6.07) is 9.71. The van der Waals surface area contributed by atoms with E-state index < -0.39 is 11.7 Å². The predicted molar refractivity (Wildman–Crippen MR) is 127 cm³/mol. The molecule has 0 amide bonds. The van der Waals surface area contributed by atoms with E-state index in [1.165, 1.54) is 12.1 Å². The fourth-order valence-corrected chi connectivity index (χ4v) is 6.03. The van der Waals surface area contributed by atoms with Gasteiger partial charge in [-0.25, -0.2) is 0 Å². The summed E-state index contributed by atoms with van der Waals surface area (Å²) in [5.41, 5.74) is 2.67. The van der Waals surface area contributed by atoms with Crippen LogP contribution in [0.15, 0.2) is 47.8 Å². The zero-order chi connectivity index (χ0) is 23.9. The van der Waals surface area contributed by atoms with Crippen LogP contribution in [0.25, 0.3) is 11.4 Å². The van der Waals surface area contributed by atoms with Gasteiger partial charge in [0.1, 0.15) is 0 Å². The molecule has 0 N–H and O–H groups in total. The van der Waals surface area contributed by atoms with Gasteiger partial charge < -0.3 is 9.47 Å². The minimum Gasteiger partial charge on any atom is -0.305 e. The summed E-state index contributed by atoms with van der Waals surface area (Å²) in [5, 5.41) is 9.63. The van der Waals surface area contributed by atoms with E-state index >= 15 is 0 Å². The maximum Gasteiger partial charge on any atom is 0.416 e. The van der Waals surface area contributed by atoms with Crippen LogP contribution in [-0.2, 0) is 13.2 Å². The number of benzene rings is 1. The smallest absolute Gasteiger partial charge is 0.305 e. The lowest BCUT2D eigenvalue weighted by Crippen LogP contribution is -2.23. The van der Waals surface area contributed by atoms with Crippen molar-refractivity contribution in [1.82, 2.24) is 24.6 Å². The molecule has 180 valence electrons. The average molecular weight is 488 g/mol. The first-order chi connectivity index (χ1) is 16.3. The molecule has 2 fully saturated rings. The summed E-state index contributed by atoms with van der Waals surface area (Å²) >= 11 is 1.72. The maximum atomic E-state index is 12.8. The van der Waals surface area contributed by atoms with E-state index in [1.807, 2.05) is 30.7 Å². The molecule has 2 atom stereocenters. The molecule has 1 aliphatic heterocycles. The van der Waals surface area contributed by atoms with Gasteiger partial charge in [-0.1, -0.05) is 23.9 Å². The second-order valence-corrected chi connectivity index (χ2v) is 10.5. The molecule has 0 radical (unpaired) electrons. The molecule has 2 aromatic heterocycles. The van der Waals surface area contributed by atoms with Gasteiger partial charge in [-0.3, -0.25) is 4.98 Å². The maximum absolute atomic E-state index is 12.8. The van der Waals surface area contributed by atoms with Crippen LogP contribution < -0.4 is 0 Å². The number of thioether (sulfide) groups is 1. The molecule has 3 heterocycles. The Hall–Kier alpha value is -2.39. The van der Waals surface area contributed by atoms with Gasteiger partial charge in [0, 0.05) is 36.8 Å². The van der Waals surface area contributed by atoms with Crippen molar-refractivity contribution in [2.24, 2.45) is 12.5 Å². The Labute approximate surface area is 201 Å². The van der Waals surface area contributed by atoms with Crippen molar-refractivity contribution in [3.05, 3.63) is 59.4 Å². The fourth-order valence-electron chi connectivity index (χ4n) is 5.20. The van der Waals surface area contributed by atoms with Crippen molar-refractivity contribution in [3.63, 3.8) is 0 Å². The third-order valence-corrected chi connectivity index (χ3v) is 8.33. The predicted octanol–water partition coefficient (Wildman–Crippen LogP) is 5.57. The molecule has 1 saturated heterocycles. The number of hydrogen-bond donors (Lipinski definition) is 0. The Morgan fingerprint density at radius 1 is 1.15 bits per heavy atom. The van der Waals surface area contributed by atoms with Crippen LogP contribution in [0, 0.1) is 12.3 Å². The second-order valence-electron chi connectivity index (χ2n) is 9.47. The Morgan fingerprint density at radius 3 is 2.68 bits per heavy atom. The van der Waals surface area contributed by atoms with Crippen molar-refractivity contribution < 1.29 is 13.2 Å². The summed E-state index contributed by atoms with van der Waals surface area (Å²) < 4.78 is 40.5. The van der Waals surface area contributed by atoms with Crippen molar-refractivity contribution in [3.8, 4) is 11.4 Å². The van der Waals surface area contributed by atoms with Crippen LogP contribution in [-0.4, -0.2) is 50.0 Å². The van der Waals surface area contributed by atoms with Crippen LogP contribution in [0.5, 0.6) is 0 Å². The quantitative estimate of drug-likeness (QED) is 0.322. The fraction of sp³-hybridized carbons (Fsp3) is 0.480. The molecule has 1 aromatic carbocycles. The highest BCUT2D eigenvalue weighted by atomic mass is 32.2. The molecule has 5 rings (SSSR count). The number of aromatic nitrogens is 4. The number of hydrogen-bond acceptors (Lipinski definition) is 5. The van der Waals surface area contributed by atoms with Crippen LogP contribution in [0.3, 0.4) is 0 Å². The molecule has 3 aromatic rings. The monoisotopic (exact) mass is 487 g/mol. The molecular formula is C25H28F3N5S. The summed E-state index contributed by atoms with van der Waals surface area (Å²) in [6.45, 7) is 5.11. The second kappa shape index (κ2) is 9.00. The lowest BCUT2D eigenvalue weighted by atomic mass is 9.97. The minimum absolute atomic E-state index is 0.257. The van der Waals surface area contributed by atoms with E-state index in [0.29, 0.717) is 5.92 Å². The third-order valence-electron chi connectivity index (χ3n) is 7.23. The number of rotatable bonds is 7. The van der Waals surface area contributed by atoms with Crippen molar-refractivity contribution in [2.45, 2.75) is 43.4 Å². The molecule has 34 heavy (non-hydrogen) atoms. The third kappa shape index (κ3) is 4.60. The number of halogens is 3. The van der Waals surface area contributed by atoms with Gasteiger partial charge in [-0.05, 0) is 80.4 Å². The largest absolute Gasteiger partial charge is 0.416 e. The summed E-state index contributed by atoms with van der Waals surface area (Å²) in [4.78, 5) is 6.85. The van der Waals surface area contributed by atoms with Crippen LogP contribution in [0.1, 0.15) is 42.0 Å². The van der Waals surface area contributed by atoms with Gasteiger partial charge in [0.05, 0.1) is 5.56 Å². The molecule has 0 unspecified atom stereocenters.